The average molecular weight is 228 g/mol. The smallest absolute Gasteiger partial charge is 1.00 e. The van der Waals surface area contributed by atoms with E-state index >= 15 is 0 Å². The quantitative estimate of drug-likeness (QED) is 0.460. The Morgan fingerprint density at radius 2 is 1.79 bits per heavy atom. The first-order valence-electron chi connectivity index (χ1n) is 3.36. The van der Waals surface area contributed by atoms with Gasteiger partial charge < -0.3 is 22.0 Å². The zero-order valence-corrected chi connectivity index (χ0v) is 9.95. The third-order valence-electron chi connectivity index (χ3n) is 0.897. The molecule has 0 aliphatic carbocycles. The van der Waals surface area contributed by atoms with Crippen LogP contribution >= 0.6 is 0 Å². The van der Waals surface area contributed by atoms with Crippen LogP contribution in [0.5, 0.6) is 0 Å². The van der Waals surface area contributed by atoms with E-state index < -0.39 is 9.05 Å². The molecule has 1 aromatic heterocycles. The molecule has 4 N–H and O–H groups in total. The summed E-state index contributed by atoms with van der Waals surface area (Å²) in [6.07, 6.45) is 3.47. The Kier molecular flexibility index (Phi) is 9.30. The fourth-order valence-corrected chi connectivity index (χ4v) is 0.497. The zero-order valence-electron chi connectivity index (χ0n) is 9.54. The van der Waals surface area contributed by atoms with Crippen LogP contribution in [0.3, 0.4) is 0 Å². The standard InChI is InChI=1S/C7H7N.Mg.H4O4Si.2H/c1-2-7-5-3-4-6-8-7;;1-5(2,3)4;;/h2-6H,1H2;;1-4H;;/q;+2;;2*-1. The summed E-state index contributed by atoms with van der Waals surface area (Å²) >= 11 is 0. The van der Waals surface area contributed by atoms with Crippen molar-refractivity contribution >= 4 is 38.2 Å². The van der Waals surface area contributed by atoms with Gasteiger partial charge >= 0.3 is 32.1 Å². The Labute approximate surface area is 102 Å². The van der Waals surface area contributed by atoms with Gasteiger partial charge in [0.2, 0.25) is 0 Å². The summed E-state index contributed by atoms with van der Waals surface area (Å²) in [5.41, 5.74) is 0.924. The Bertz CT molecular complexity index is 254. The Morgan fingerprint density at radius 3 is 2.00 bits per heavy atom. The number of hydrogen-bond acceptors (Lipinski definition) is 5. The van der Waals surface area contributed by atoms with E-state index in [2.05, 4.69) is 11.6 Å². The van der Waals surface area contributed by atoms with Crippen molar-refractivity contribution in [3.05, 3.63) is 36.7 Å². The summed E-state index contributed by atoms with van der Waals surface area (Å²) < 4.78 is 0. The van der Waals surface area contributed by atoms with Crippen LogP contribution in [0, 0.1) is 0 Å². The van der Waals surface area contributed by atoms with Crippen molar-refractivity contribution < 1.29 is 22.0 Å². The van der Waals surface area contributed by atoms with Crippen LogP contribution in [0.25, 0.3) is 6.08 Å². The van der Waals surface area contributed by atoms with Crippen molar-refractivity contribution in [2.45, 2.75) is 0 Å². The number of rotatable bonds is 1. The molecule has 0 aliphatic heterocycles. The Morgan fingerprint density at radius 1 is 1.29 bits per heavy atom. The van der Waals surface area contributed by atoms with E-state index in [9.17, 15) is 0 Å². The molecule has 76 valence electrons. The third-order valence-corrected chi connectivity index (χ3v) is 0.897. The van der Waals surface area contributed by atoms with Gasteiger partial charge in [-0.25, -0.2) is 0 Å². The second-order valence-electron chi connectivity index (χ2n) is 2.06. The maximum Gasteiger partial charge on any atom is 2.00 e. The van der Waals surface area contributed by atoms with Gasteiger partial charge in [0.15, 0.2) is 0 Å². The van der Waals surface area contributed by atoms with Crippen molar-refractivity contribution in [3.8, 4) is 0 Å². The van der Waals surface area contributed by atoms with Crippen LogP contribution in [-0.2, 0) is 0 Å². The molecule has 0 bridgehead atoms. The molecule has 5 nitrogen and oxygen atoms in total. The van der Waals surface area contributed by atoms with Gasteiger partial charge in [-0.1, -0.05) is 12.6 Å². The SMILES string of the molecule is C=Cc1ccccn1.O[Si](O)(O)O.[H-].[H-].[Mg+2]. The van der Waals surface area contributed by atoms with Gasteiger partial charge in [0.05, 0.1) is 5.69 Å². The minimum atomic E-state index is -4.61. The van der Waals surface area contributed by atoms with Gasteiger partial charge in [0, 0.05) is 6.20 Å². The number of hydrogen-bond donors (Lipinski definition) is 4. The first-order valence-corrected chi connectivity index (χ1v) is 5.15. The maximum absolute atomic E-state index is 7.33. The van der Waals surface area contributed by atoms with Crippen molar-refractivity contribution in [3.63, 3.8) is 0 Å². The molecule has 0 unspecified atom stereocenters. The second kappa shape index (κ2) is 8.06. The number of pyridine rings is 1. The van der Waals surface area contributed by atoms with Crippen LogP contribution in [-0.4, -0.2) is 56.3 Å². The molecule has 7 heteroatoms. The van der Waals surface area contributed by atoms with Crippen LogP contribution in [0.1, 0.15) is 8.55 Å². The van der Waals surface area contributed by atoms with Crippen LogP contribution in [0.2, 0.25) is 0 Å². The third kappa shape index (κ3) is 14.2. The fourth-order valence-electron chi connectivity index (χ4n) is 0.497. The summed E-state index contributed by atoms with van der Waals surface area (Å²) in [5, 5.41) is 0. The average Bonchev–Trinajstić information content (AvgIpc) is 2.03. The monoisotopic (exact) mass is 227 g/mol. The van der Waals surface area contributed by atoms with E-state index in [1.54, 1.807) is 12.3 Å². The second-order valence-corrected chi connectivity index (χ2v) is 3.26. The summed E-state index contributed by atoms with van der Waals surface area (Å²) in [7, 11) is -4.61. The molecule has 0 spiro atoms. The molecular weight excluding hydrogens is 214 g/mol. The van der Waals surface area contributed by atoms with E-state index in [0.717, 1.165) is 5.69 Å². The van der Waals surface area contributed by atoms with Crippen LogP contribution in [0.15, 0.2) is 31.0 Å². The molecule has 0 amide bonds. The van der Waals surface area contributed by atoms with E-state index in [1.165, 1.54) is 0 Å². The van der Waals surface area contributed by atoms with E-state index in [4.69, 9.17) is 19.2 Å². The minimum Gasteiger partial charge on any atom is -1.00 e. The summed E-state index contributed by atoms with van der Waals surface area (Å²) in [6, 6.07) is 5.73. The van der Waals surface area contributed by atoms with Gasteiger partial charge in [-0.15, -0.1) is 0 Å². The number of aromatic nitrogens is 1. The molecule has 1 aromatic rings. The predicted octanol–water partition coefficient (Wildman–Crippen LogP) is -1.04. The van der Waals surface area contributed by atoms with Gasteiger partial charge in [0.1, 0.15) is 0 Å². The number of nitrogens with zero attached hydrogens (tertiary/aromatic N) is 1. The normalized spacial score (nSPS) is 9.14. The van der Waals surface area contributed by atoms with Gasteiger partial charge in [-0.2, -0.15) is 0 Å². The molecule has 0 fully saturated rings. The van der Waals surface area contributed by atoms with Gasteiger partial charge in [-0.05, 0) is 18.2 Å². The minimum absolute atomic E-state index is 0. The van der Waals surface area contributed by atoms with Gasteiger partial charge in [-0.3, -0.25) is 4.98 Å². The molecule has 0 aromatic carbocycles. The predicted molar refractivity (Wildman–Crippen MR) is 56.9 cm³/mol. The van der Waals surface area contributed by atoms with Crippen molar-refractivity contribution in [1.29, 1.82) is 0 Å². The largest absolute Gasteiger partial charge is 2.00 e. The van der Waals surface area contributed by atoms with Crippen LogP contribution in [0.4, 0.5) is 0 Å². The molecule has 0 saturated heterocycles. The summed E-state index contributed by atoms with van der Waals surface area (Å²) in [6.45, 7) is 3.57. The van der Waals surface area contributed by atoms with Crippen molar-refractivity contribution in [2.75, 3.05) is 0 Å². The Hall–Kier alpha value is -0.287. The fraction of sp³-hybridized carbons (Fsp3) is 0. The zero-order chi connectivity index (χ0) is 10.3. The molecule has 0 saturated carbocycles. The molecular formula is C7H13MgNO4Si. The molecule has 0 radical (unpaired) electrons. The summed E-state index contributed by atoms with van der Waals surface area (Å²) in [4.78, 5) is 33.3. The molecule has 14 heavy (non-hydrogen) atoms. The molecule has 0 aliphatic rings. The molecule has 1 rings (SSSR count). The molecule has 0 atom stereocenters. The first kappa shape index (κ1) is 16.2. The van der Waals surface area contributed by atoms with Crippen molar-refractivity contribution in [2.24, 2.45) is 0 Å². The van der Waals surface area contributed by atoms with Crippen molar-refractivity contribution in [1.82, 2.24) is 4.98 Å². The topological polar surface area (TPSA) is 93.8 Å². The first-order chi connectivity index (χ1) is 5.93. The Balaban J connectivity index is -0.0000000818. The maximum atomic E-state index is 7.33. The van der Waals surface area contributed by atoms with E-state index in [1.807, 2.05) is 18.2 Å². The summed E-state index contributed by atoms with van der Waals surface area (Å²) in [5.74, 6) is 0. The molecule has 1 heterocycles. The van der Waals surface area contributed by atoms with Gasteiger partial charge in [0.25, 0.3) is 0 Å². The van der Waals surface area contributed by atoms with Crippen LogP contribution < -0.4 is 0 Å². The van der Waals surface area contributed by atoms with E-state index in [-0.39, 0.29) is 25.9 Å². The van der Waals surface area contributed by atoms with E-state index in [0.29, 0.717) is 0 Å².